The number of ether oxygens (including phenoxy) is 1. The maximum absolute atomic E-state index is 12.7. The van der Waals surface area contributed by atoms with E-state index in [9.17, 15) is 22.8 Å². The number of benzene rings is 2. The largest absolute Gasteiger partial charge is 0.482 e. The van der Waals surface area contributed by atoms with E-state index in [1.54, 1.807) is 42.5 Å². The van der Waals surface area contributed by atoms with Crippen LogP contribution in [0.3, 0.4) is 0 Å². The minimum Gasteiger partial charge on any atom is -0.482 e. The number of Topliss-reactive ketones (excluding diaryl/α,β-unsaturated/α-hetero) is 1. The van der Waals surface area contributed by atoms with Crippen molar-refractivity contribution in [3.05, 3.63) is 54.1 Å². The van der Waals surface area contributed by atoms with Crippen LogP contribution in [0.25, 0.3) is 0 Å². The molecule has 0 aliphatic carbocycles. The van der Waals surface area contributed by atoms with Crippen molar-refractivity contribution in [2.24, 2.45) is 0 Å². The molecule has 0 spiro atoms. The summed E-state index contributed by atoms with van der Waals surface area (Å²) in [6.45, 7) is 3.28. The fraction of sp³-hybridized carbons (Fsp3) is 0.318. The molecule has 1 fully saturated rings. The first-order valence-electron chi connectivity index (χ1n) is 10.1. The molecule has 0 bridgehead atoms. The van der Waals surface area contributed by atoms with E-state index in [2.05, 4.69) is 5.32 Å². The summed E-state index contributed by atoms with van der Waals surface area (Å²) in [4.78, 5) is 37.5. The first-order chi connectivity index (χ1) is 15.2. The maximum Gasteiger partial charge on any atom is 0.260 e. The summed E-state index contributed by atoms with van der Waals surface area (Å²) in [5.41, 5.74) is 0.746. The van der Waals surface area contributed by atoms with E-state index in [0.29, 0.717) is 11.3 Å². The minimum absolute atomic E-state index is 0.175. The van der Waals surface area contributed by atoms with Crippen LogP contribution < -0.4 is 10.1 Å². The molecule has 10 heteroatoms. The molecule has 0 saturated carbocycles. The molecule has 1 N–H and O–H groups in total. The van der Waals surface area contributed by atoms with Gasteiger partial charge in [-0.1, -0.05) is 18.2 Å². The Bertz CT molecular complexity index is 1110. The van der Waals surface area contributed by atoms with E-state index in [1.165, 1.54) is 29.1 Å². The van der Waals surface area contributed by atoms with E-state index in [-0.39, 0.29) is 61.0 Å². The predicted molar refractivity (Wildman–Crippen MR) is 118 cm³/mol. The molecule has 2 amide bonds. The van der Waals surface area contributed by atoms with Gasteiger partial charge in [0.15, 0.2) is 12.4 Å². The van der Waals surface area contributed by atoms with E-state index < -0.39 is 10.0 Å². The molecule has 9 nitrogen and oxygen atoms in total. The van der Waals surface area contributed by atoms with Crippen molar-refractivity contribution in [3.8, 4) is 5.75 Å². The van der Waals surface area contributed by atoms with Gasteiger partial charge in [-0.05, 0) is 37.3 Å². The van der Waals surface area contributed by atoms with E-state index in [4.69, 9.17) is 4.74 Å². The van der Waals surface area contributed by atoms with Gasteiger partial charge in [0.05, 0.1) is 10.6 Å². The lowest BCUT2D eigenvalue weighted by Gasteiger charge is -2.34. The van der Waals surface area contributed by atoms with E-state index >= 15 is 0 Å². The Morgan fingerprint density at radius 2 is 1.62 bits per heavy atom. The van der Waals surface area contributed by atoms with Crippen LogP contribution in [0.15, 0.2) is 53.4 Å². The number of hydrogen-bond donors (Lipinski definition) is 1. The standard InChI is InChI=1S/C22H25N3O6S/c1-16(26)18-8-9-20(23-17(2)27)21(14-18)31-15-22(28)24-10-12-25(13-11-24)32(29,30)19-6-4-3-5-7-19/h3-9,14H,10-13,15H2,1-2H3,(H,23,27). The van der Waals surface area contributed by atoms with Crippen molar-refractivity contribution in [2.45, 2.75) is 18.7 Å². The van der Waals surface area contributed by atoms with Crippen molar-refractivity contribution in [2.75, 3.05) is 38.1 Å². The lowest BCUT2D eigenvalue weighted by molar-refractivity contribution is -0.134. The second-order valence-corrected chi connectivity index (χ2v) is 9.27. The predicted octanol–water partition coefficient (Wildman–Crippen LogP) is 1.76. The van der Waals surface area contributed by atoms with Crippen LogP contribution in [0.5, 0.6) is 5.75 Å². The Morgan fingerprint density at radius 1 is 0.969 bits per heavy atom. The van der Waals surface area contributed by atoms with E-state index in [0.717, 1.165) is 0 Å². The molecule has 0 unspecified atom stereocenters. The molecule has 1 aliphatic heterocycles. The second-order valence-electron chi connectivity index (χ2n) is 7.33. The third kappa shape index (κ3) is 5.51. The molecule has 32 heavy (non-hydrogen) atoms. The number of sulfonamides is 1. The number of ketones is 1. The molecule has 1 heterocycles. The Balaban J connectivity index is 1.62. The van der Waals surface area contributed by atoms with Crippen molar-refractivity contribution < 1.29 is 27.5 Å². The molecule has 2 aromatic rings. The highest BCUT2D eigenvalue weighted by Crippen LogP contribution is 2.26. The highest BCUT2D eigenvalue weighted by Gasteiger charge is 2.30. The Labute approximate surface area is 187 Å². The summed E-state index contributed by atoms with van der Waals surface area (Å²) in [6, 6.07) is 12.8. The minimum atomic E-state index is -3.60. The summed E-state index contributed by atoms with van der Waals surface area (Å²) >= 11 is 0. The maximum atomic E-state index is 12.7. The van der Waals surface area contributed by atoms with Gasteiger partial charge in [-0.2, -0.15) is 4.31 Å². The molecule has 0 aromatic heterocycles. The molecule has 170 valence electrons. The van der Waals surface area contributed by atoms with Crippen LogP contribution in [0.2, 0.25) is 0 Å². The lowest BCUT2D eigenvalue weighted by atomic mass is 10.1. The van der Waals surface area contributed by atoms with Crippen LogP contribution in [0.1, 0.15) is 24.2 Å². The van der Waals surface area contributed by atoms with Crippen molar-refractivity contribution in [3.63, 3.8) is 0 Å². The molecule has 1 saturated heterocycles. The van der Waals surface area contributed by atoms with Crippen LogP contribution >= 0.6 is 0 Å². The number of anilines is 1. The topological polar surface area (TPSA) is 113 Å². The SMILES string of the molecule is CC(=O)Nc1ccc(C(C)=O)cc1OCC(=O)N1CCN(S(=O)(=O)c2ccccc2)CC1. The summed E-state index contributed by atoms with van der Waals surface area (Å²) < 4.78 is 32.4. The average Bonchev–Trinajstić information content (AvgIpc) is 2.78. The number of nitrogens with one attached hydrogen (secondary N) is 1. The number of nitrogens with zero attached hydrogens (tertiary/aromatic N) is 2. The molecule has 3 rings (SSSR count). The van der Waals surface area contributed by atoms with Crippen LogP contribution in [0.4, 0.5) is 5.69 Å². The molecule has 0 atom stereocenters. The zero-order chi connectivity index (χ0) is 23.3. The molecular formula is C22H25N3O6S. The van der Waals surface area contributed by atoms with Gasteiger partial charge in [0.25, 0.3) is 5.91 Å². The summed E-state index contributed by atoms with van der Waals surface area (Å²) in [6.07, 6.45) is 0. The van der Waals surface area contributed by atoms with Gasteiger partial charge in [-0.3, -0.25) is 14.4 Å². The second kappa shape index (κ2) is 9.92. The number of carbonyl (C=O) groups is 3. The first-order valence-corrected chi connectivity index (χ1v) is 11.5. The highest BCUT2D eigenvalue weighted by molar-refractivity contribution is 7.89. The van der Waals surface area contributed by atoms with Gasteiger partial charge >= 0.3 is 0 Å². The quantitative estimate of drug-likeness (QED) is 0.632. The summed E-state index contributed by atoms with van der Waals surface area (Å²) in [5, 5.41) is 2.61. The van der Waals surface area contributed by atoms with Gasteiger partial charge < -0.3 is 15.0 Å². The van der Waals surface area contributed by atoms with Gasteiger partial charge in [-0.15, -0.1) is 0 Å². The number of hydrogen-bond acceptors (Lipinski definition) is 6. The number of piperazine rings is 1. The van der Waals surface area contributed by atoms with Crippen LogP contribution in [0, 0.1) is 0 Å². The average molecular weight is 460 g/mol. The summed E-state index contributed by atoms with van der Waals surface area (Å²) in [5.74, 6) is -0.589. The fourth-order valence-electron chi connectivity index (χ4n) is 3.30. The normalized spacial score (nSPS) is 14.6. The molecule has 1 aliphatic rings. The van der Waals surface area contributed by atoms with Gasteiger partial charge in [-0.25, -0.2) is 8.42 Å². The highest BCUT2D eigenvalue weighted by atomic mass is 32.2. The Morgan fingerprint density at radius 3 is 2.22 bits per heavy atom. The van der Waals surface area contributed by atoms with E-state index in [1.807, 2.05) is 0 Å². The van der Waals surface area contributed by atoms with Gasteiger partial charge in [0.1, 0.15) is 5.75 Å². The van der Waals surface area contributed by atoms with Crippen molar-refractivity contribution in [1.82, 2.24) is 9.21 Å². The smallest absolute Gasteiger partial charge is 0.260 e. The van der Waals surface area contributed by atoms with Crippen LogP contribution in [-0.2, 0) is 19.6 Å². The van der Waals surface area contributed by atoms with Crippen molar-refractivity contribution in [1.29, 1.82) is 0 Å². The first kappa shape index (κ1) is 23.4. The zero-order valence-corrected chi connectivity index (χ0v) is 18.7. The fourth-order valence-corrected chi connectivity index (χ4v) is 4.75. The van der Waals surface area contributed by atoms with Gasteiger partial charge in [0, 0.05) is 38.7 Å². The number of carbonyl (C=O) groups excluding carboxylic acids is 3. The Hall–Kier alpha value is -3.24. The lowest BCUT2D eigenvalue weighted by Crippen LogP contribution is -2.51. The Kier molecular flexibility index (Phi) is 7.26. The third-order valence-corrected chi connectivity index (χ3v) is 6.94. The number of amides is 2. The molecule has 2 aromatic carbocycles. The zero-order valence-electron chi connectivity index (χ0n) is 17.9. The number of rotatable bonds is 7. The third-order valence-electron chi connectivity index (χ3n) is 5.02. The molecule has 0 radical (unpaired) electrons. The molecular weight excluding hydrogens is 434 g/mol. The summed E-state index contributed by atoms with van der Waals surface area (Å²) in [7, 11) is -3.60. The van der Waals surface area contributed by atoms with Crippen molar-refractivity contribution >= 4 is 33.3 Å². The van der Waals surface area contributed by atoms with Gasteiger partial charge in [0.2, 0.25) is 15.9 Å². The van der Waals surface area contributed by atoms with Crippen LogP contribution in [-0.4, -0.2) is 68.0 Å². The monoisotopic (exact) mass is 459 g/mol.